The number of carbonyl (C=O) groups is 2. The highest BCUT2D eigenvalue weighted by atomic mass is 19.1. The normalized spacial score (nSPS) is 23.1. The van der Waals surface area contributed by atoms with Gasteiger partial charge in [0.1, 0.15) is 18.0 Å². The maximum absolute atomic E-state index is 13.8. The van der Waals surface area contributed by atoms with Crippen LogP contribution in [0.25, 0.3) is 11.0 Å². The molecule has 3 atom stereocenters. The van der Waals surface area contributed by atoms with Gasteiger partial charge in [0.15, 0.2) is 11.2 Å². The smallest absolute Gasteiger partial charge is 0.336 e. The van der Waals surface area contributed by atoms with E-state index in [9.17, 15) is 18.8 Å². The third-order valence-electron chi connectivity index (χ3n) is 7.83. The van der Waals surface area contributed by atoms with Crippen molar-refractivity contribution in [3.8, 4) is 0 Å². The highest BCUT2D eigenvalue weighted by molar-refractivity contribution is 6.04. The molecule has 7 nitrogen and oxygen atoms in total. The van der Waals surface area contributed by atoms with Gasteiger partial charge in [-0.25, -0.2) is 9.18 Å². The van der Waals surface area contributed by atoms with Gasteiger partial charge in [0, 0.05) is 35.6 Å². The number of dihydropyridines is 1. The van der Waals surface area contributed by atoms with Gasteiger partial charge in [-0.1, -0.05) is 24.3 Å². The lowest BCUT2D eigenvalue weighted by Crippen LogP contribution is -2.38. The van der Waals surface area contributed by atoms with Gasteiger partial charge in [0.2, 0.25) is 0 Å². The second kappa shape index (κ2) is 10.3. The van der Waals surface area contributed by atoms with E-state index in [2.05, 4.69) is 5.32 Å². The van der Waals surface area contributed by atoms with Gasteiger partial charge in [0.25, 0.3) is 0 Å². The van der Waals surface area contributed by atoms with E-state index in [1.165, 1.54) is 18.4 Å². The minimum Gasteiger partial charge on any atom is -0.464 e. The molecular formula is C31H28FNO6. The summed E-state index contributed by atoms with van der Waals surface area (Å²) in [6, 6.07) is 13.0. The van der Waals surface area contributed by atoms with Crippen LogP contribution in [0.15, 0.2) is 86.5 Å². The van der Waals surface area contributed by atoms with Crippen molar-refractivity contribution < 1.29 is 27.9 Å². The average Bonchev–Trinajstić information content (AvgIpc) is 3.46. The first-order valence-electron chi connectivity index (χ1n) is 13.2. The van der Waals surface area contributed by atoms with Gasteiger partial charge in [0.05, 0.1) is 29.2 Å². The standard InChI is InChI=1S/C31H28FNO6/c1-17-27(31(36)39-15-21-5-4-12-37-21)28(23-16-38-26-7-3-2-6-22(26)30(23)35)29-24(33-17)13-19(14-25(29)34)18-8-10-20(32)11-9-18/h2-3,6-11,16,19,21,28,33H,4-5,12-15H2,1H3/t19-,21+,28+/m1/s1. The lowest BCUT2D eigenvalue weighted by molar-refractivity contribution is -0.142. The summed E-state index contributed by atoms with van der Waals surface area (Å²) < 4.78 is 30.6. The van der Waals surface area contributed by atoms with Gasteiger partial charge in [-0.2, -0.15) is 0 Å². The van der Waals surface area contributed by atoms with Crippen LogP contribution in [0.2, 0.25) is 0 Å². The number of ketones is 1. The monoisotopic (exact) mass is 529 g/mol. The fraction of sp³-hybridized carbons (Fsp3) is 0.323. The molecule has 1 N–H and O–H groups in total. The number of nitrogens with one attached hydrogen (secondary N) is 1. The zero-order valence-electron chi connectivity index (χ0n) is 21.5. The van der Waals surface area contributed by atoms with Crippen LogP contribution in [0.3, 0.4) is 0 Å². The van der Waals surface area contributed by atoms with Crippen LogP contribution in [0, 0.1) is 5.82 Å². The molecule has 1 fully saturated rings. The minimum atomic E-state index is -0.944. The molecule has 3 aliphatic rings. The summed E-state index contributed by atoms with van der Waals surface area (Å²) in [7, 11) is 0. The SMILES string of the molecule is CC1=C(C(=O)OC[C@@H]2CCCO2)[C@H](c2coc3ccccc3c2=O)C2=C(C[C@@H](c3ccc(F)cc3)CC2=O)N1. The van der Waals surface area contributed by atoms with E-state index < -0.39 is 11.9 Å². The number of allylic oxidation sites excluding steroid dienone is 3. The van der Waals surface area contributed by atoms with Crippen LogP contribution in [-0.4, -0.2) is 31.1 Å². The van der Waals surface area contributed by atoms with Crippen molar-refractivity contribution in [3.05, 3.63) is 105 Å². The molecule has 1 saturated heterocycles. The third-order valence-corrected chi connectivity index (χ3v) is 7.83. The largest absolute Gasteiger partial charge is 0.464 e. The number of halogens is 1. The molecule has 0 radical (unpaired) electrons. The second-order valence-corrected chi connectivity index (χ2v) is 10.3. The summed E-state index contributed by atoms with van der Waals surface area (Å²) in [5.41, 5.74) is 2.91. The Labute approximate surface area is 224 Å². The molecule has 1 aliphatic carbocycles. The zero-order valence-corrected chi connectivity index (χ0v) is 21.5. The van der Waals surface area contributed by atoms with Crippen molar-refractivity contribution in [2.45, 2.75) is 50.5 Å². The van der Waals surface area contributed by atoms with Gasteiger partial charge < -0.3 is 19.2 Å². The quantitative estimate of drug-likeness (QED) is 0.464. The number of carbonyl (C=O) groups excluding carboxylic acids is 2. The number of fused-ring (bicyclic) bond motifs is 1. The van der Waals surface area contributed by atoms with Crippen molar-refractivity contribution in [3.63, 3.8) is 0 Å². The van der Waals surface area contributed by atoms with E-state index in [0.717, 1.165) is 18.4 Å². The Kier molecular flexibility index (Phi) is 6.64. The first kappa shape index (κ1) is 25.2. The molecule has 39 heavy (non-hydrogen) atoms. The molecule has 2 aromatic carbocycles. The van der Waals surface area contributed by atoms with E-state index in [4.69, 9.17) is 13.9 Å². The van der Waals surface area contributed by atoms with Gasteiger partial charge in [-0.15, -0.1) is 0 Å². The van der Waals surface area contributed by atoms with E-state index in [1.807, 2.05) is 0 Å². The van der Waals surface area contributed by atoms with Crippen molar-refractivity contribution in [1.82, 2.24) is 5.32 Å². The van der Waals surface area contributed by atoms with Crippen LogP contribution in [-0.2, 0) is 19.1 Å². The summed E-state index contributed by atoms with van der Waals surface area (Å²) >= 11 is 0. The molecule has 6 rings (SSSR count). The van der Waals surface area contributed by atoms with Gasteiger partial charge >= 0.3 is 5.97 Å². The van der Waals surface area contributed by atoms with Crippen LogP contribution < -0.4 is 10.7 Å². The highest BCUT2D eigenvalue weighted by Crippen LogP contribution is 2.45. The number of hydrogen-bond donors (Lipinski definition) is 1. The minimum absolute atomic E-state index is 0.0984. The Bertz CT molecular complexity index is 1580. The Balaban J connectivity index is 1.43. The lowest BCUT2D eigenvalue weighted by Gasteiger charge is -2.36. The summed E-state index contributed by atoms with van der Waals surface area (Å²) in [5, 5.41) is 3.64. The fourth-order valence-corrected chi connectivity index (χ4v) is 5.91. The van der Waals surface area contributed by atoms with Crippen molar-refractivity contribution in [1.29, 1.82) is 0 Å². The number of Topliss-reactive ketones (excluding diaryl/α,β-unsaturated/α-hetero) is 1. The predicted octanol–water partition coefficient (Wildman–Crippen LogP) is 5.02. The molecule has 0 amide bonds. The van der Waals surface area contributed by atoms with Crippen LogP contribution in [0.1, 0.15) is 55.6 Å². The van der Waals surface area contributed by atoms with E-state index in [-0.39, 0.29) is 53.2 Å². The van der Waals surface area contributed by atoms with Crippen LogP contribution in [0.5, 0.6) is 0 Å². The number of benzene rings is 2. The van der Waals surface area contributed by atoms with Crippen molar-refractivity contribution in [2.24, 2.45) is 0 Å². The summed E-state index contributed by atoms with van der Waals surface area (Å²) in [6.45, 7) is 2.47. The molecule has 0 saturated carbocycles. The molecule has 0 spiro atoms. The fourth-order valence-electron chi connectivity index (χ4n) is 5.91. The Morgan fingerprint density at radius 1 is 1.10 bits per heavy atom. The molecule has 8 heteroatoms. The second-order valence-electron chi connectivity index (χ2n) is 10.3. The van der Waals surface area contributed by atoms with Crippen molar-refractivity contribution >= 4 is 22.7 Å². The van der Waals surface area contributed by atoms with Crippen LogP contribution in [0.4, 0.5) is 4.39 Å². The van der Waals surface area contributed by atoms with Gasteiger partial charge in [-0.3, -0.25) is 9.59 Å². The molecule has 3 heterocycles. The number of para-hydroxylation sites is 1. The molecule has 2 aliphatic heterocycles. The first-order chi connectivity index (χ1) is 18.9. The van der Waals surface area contributed by atoms with Gasteiger partial charge in [-0.05, 0) is 61.9 Å². The maximum atomic E-state index is 13.8. The molecule has 0 unspecified atom stereocenters. The number of rotatable bonds is 5. The summed E-state index contributed by atoms with van der Waals surface area (Å²) in [4.78, 5) is 41.0. The number of esters is 1. The van der Waals surface area contributed by atoms with Crippen LogP contribution >= 0.6 is 0 Å². The number of ether oxygens (including phenoxy) is 2. The van der Waals surface area contributed by atoms with Crippen molar-refractivity contribution in [2.75, 3.05) is 13.2 Å². The molecule has 0 bridgehead atoms. The molecule has 3 aromatic rings. The Morgan fingerprint density at radius 2 is 1.90 bits per heavy atom. The summed E-state index contributed by atoms with van der Waals surface area (Å²) in [5.74, 6) is -2.25. The highest BCUT2D eigenvalue weighted by Gasteiger charge is 2.43. The summed E-state index contributed by atoms with van der Waals surface area (Å²) in [6.07, 6.45) is 3.53. The van der Waals surface area contributed by atoms with E-state index in [0.29, 0.717) is 41.0 Å². The molecule has 200 valence electrons. The maximum Gasteiger partial charge on any atom is 0.336 e. The molecule has 1 aromatic heterocycles. The van der Waals surface area contributed by atoms with E-state index >= 15 is 0 Å². The first-order valence-corrected chi connectivity index (χ1v) is 13.2. The molecular weight excluding hydrogens is 501 g/mol. The van der Waals surface area contributed by atoms with E-state index in [1.54, 1.807) is 43.3 Å². The topological polar surface area (TPSA) is 94.8 Å². The Morgan fingerprint density at radius 3 is 2.67 bits per heavy atom. The Hall–Kier alpha value is -4.04. The zero-order chi connectivity index (χ0) is 27.1. The average molecular weight is 530 g/mol. The number of hydrogen-bond acceptors (Lipinski definition) is 7. The predicted molar refractivity (Wildman–Crippen MR) is 141 cm³/mol. The third kappa shape index (κ3) is 4.69. The lowest BCUT2D eigenvalue weighted by atomic mass is 9.72.